The lowest BCUT2D eigenvalue weighted by Crippen LogP contribution is -2.48. The summed E-state index contributed by atoms with van der Waals surface area (Å²) < 4.78 is 13.7. The molecule has 1 fully saturated rings. The molecule has 1 aromatic carbocycles. The maximum absolute atomic E-state index is 13.7. The van der Waals surface area contributed by atoms with Gasteiger partial charge in [-0.05, 0) is 13.1 Å². The third kappa shape index (κ3) is 3.05. The SMILES string of the molecule is CN1CCN(Cc2ccc([N+](=O)[O-])cc2F)C(=O)C1. The van der Waals surface area contributed by atoms with Crippen LogP contribution in [0.25, 0.3) is 0 Å². The van der Waals surface area contributed by atoms with Crippen molar-refractivity contribution in [3.63, 3.8) is 0 Å². The van der Waals surface area contributed by atoms with Gasteiger partial charge in [-0.3, -0.25) is 19.8 Å². The summed E-state index contributed by atoms with van der Waals surface area (Å²) in [7, 11) is 1.85. The Kier molecular flexibility index (Phi) is 3.75. The fourth-order valence-electron chi connectivity index (χ4n) is 1.98. The average Bonchev–Trinajstić information content (AvgIpc) is 2.34. The first-order chi connectivity index (χ1) is 8.97. The first-order valence-corrected chi connectivity index (χ1v) is 5.86. The summed E-state index contributed by atoms with van der Waals surface area (Å²) in [5.41, 5.74) is 0.00876. The first kappa shape index (κ1) is 13.4. The van der Waals surface area contributed by atoms with E-state index in [0.29, 0.717) is 18.7 Å². The van der Waals surface area contributed by atoms with E-state index in [0.717, 1.165) is 12.6 Å². The molecule has 0 atom stereocenters. The molecular formula is C12H14FN3O3. The second kappa shape index (κ2) is 5.31. The average molecular weight is 267 g/mol. The number of rotatable bonds is 3. The van der Waals surface area contributed by atoms with Crippen LogP contribution in [0.15, 0.2) is 18.2 Å². The number of carbonyl (C=O) groups is 1. The number of hydrogen-bond donors (Lipinski definition) is 0. The number of carbonyl (C=O) groups excluding carboxylic acids is 1. The van der Waals surface area contributed by atoms with Crippen molar-refractivity contribution < 1.29 is 14.1 Å². The second-order valence-corrected chi connectivity index (χ2v) is 4.59. The van der Waals surface area contributed by atoms with Gasteiger partial charge in [-0.25, -0.2) is 4.39 Å². The van der Waals surface area contributed by atoms with Gasteiger partial charge >= 0.3 is 0 Å². The predicted octanol–water partition coefficient (Wildman–Crippen LogP) is 1.01. The highest BCUT2D eigenvalue weighted by atomic mass is 19.1. The Bertz CT molecular complexity index is 521. The molecule has 0 unspecified atom stereocenters. The highest BCUT2D eigenvalue weighted by Gasteiger charge is 2.22. The number of piperazine rings is 1. The molecule has 1 amide bonds. The molecule has 102 valence electrons. The zero-order valence-corrected chi connectivity index (χ0v) is 10.5. The summed E-state index contributed by atoms with van der Waals surface area (Å²) in [4.78, 5) is 25.1. The van der Waals surface area contributed by atoms with E-state index >= 15 is 0 Å². The minimum atomic E-state index is -0.652. The largest absolute Gasteiger partial charge is 0.336 e. The monoisotopic (exact) mass is 267 g/mol. The van der Waals surface area contributed by atoms with E-state index in [1.165, 1.54) is 12.1 Å². The molecule has 0 saturated carbocycles. The molecule has 1 saturated heterocycles. The normalized spacial score (nSPS) is 16.7. The maximum Gasteiger partial charge on any atom is 0.272 e. The first-order valence-electron chi connectivity index (χ1n) is 5.86. The molecule has 0 N–H and O–H groups in total. The lowest BCUT2D eigenvalue weighted by molar-refractivity contribution is -0.385. The number of amides is 1. The third-order valence-corrected chi connectivity index (χ3v) is 3.12. The standard InChI is InChI=1S/C12H14FN3O3/c1-14-4-5-15(12(17)8-14)7-9-2-3-10(16(18)19)6-11(9)13/h2-3,6H,4-5,7-8H2,1H3. The number of nitro groups is 1. The molecule has 6 nitrogen and oxygen atoms in total. The Labute approximate surface area is 109 Å². The molecule has 0 aromatic heterocycles. The van der Waals surface area contributed by atoms with Crippen molar-refractivity contribution in [1.29, 1.82) is 0 Å². The number of benzene rings is 1. The van der Waals surface area contributed by atoms with Crippen molar-refractivity contribution in [1.82, 2.24) is 9.80 Å². The van der Waals surface area contributed by atoms with Crippen LogP contribution < -0.4 is 0 Å². The summed E-state index contributed by atoms with van der Waals surface area (Å²) in [6.07, 6.45) is 0. The fraction of sp³-hybridized carbons (Fsp3) is 0.417. The second-order valence-electron chi connectivity index (χ2n) is 4.59. The van der Waals surface area contributed by atoms with Crippen molar-refractivity contribution in [3.8, 4) is 0 Å². The quantitative estimate of drug-likeness (QED) is 0.605. The summed E-state index contributed by atoms with van der Waals surface area (Å²) in [5.74, 6) is -0.715. The van der Waals surface area contributed by atoms with E-state index in [1.807, 2.05) is 11.9 Å². The van der Waals surface area contributed by atoms with Gasteiger partial charge in [0.05, 0.1) is 17.5 Å². The molecule has 2 rings (SSSR count). The predicted molar refractivity (Wildman–Crippen MR) is 66.0 cm³/mol. The van der Waals surface area contributed by atoms with E-state index < -0.39 is 10.7 Å². The van der Waals surface area contributed by atoms with Gasteiger partial charge in [-0.2, -0.15) is 0 Å². The Morgan fingerprint density at radius 1 is 1.42 bits per heavy atom. The van der Waals surface area contributed by atoms with Crippen LogP contribution in [0, 0.1) is 15.9 Å². The third-order valence-electron chi connectivity index (χ3n) is 3.12. The molecule has 1 aliphatic rings. The van der Waals surface area contributed by atoms with Crippen LogP contribution in [-0.2, 0) is 11.3 Å². The van der Waals surface area contributed by atoms with Gasteiger partial charge in [0.2, 0.25) is 5.91 Å². The van der Waals surface area contributed by atoms with Crippen molar-refractivity contribution in [3.05, 3.63) is 39.7 Å². The van der Waals surface area contributed by atoms with Gasteiger partial charge in [0.15, 0.2) is 0 Å². The lowest BCUT2D eigenvalue weighted by atomic mass is 10.1. The van der Waals surface area contributed by atoms with Crippen LogP contribution in [0.3, 0.4) is 0 Å². The van der Waals surface area contributed by atoms with Crippen LogP contribution in [0.1, 0.15) is 5.56 Å². The van der Waals surface area contributed by atoms with Crippen molar-refractivity contribution >= 4 is 11.6 Å². The Hall–Kier alpha value is -2.02. The number of non-ortho nitro benzene ring substituents is 1. The number of likely N-dealkylation sites (N-methyl/N-ethyl adjacent to an activating group) is 1. The van der Waals surface area contributed by atoms with Crippen LogP contribution in [0.2, 0.25) is 0 Å². The summed E-state index contributed by atoms with van der Waals surface area (Å²) in [6, 6.07) is 3.49. The van der Waals surface area contributed by atoms with Crippen LogP contribution in [-0.4, -0.2) is 47.3 Å². The van der Waals surface area contributed by atoms with Crippen molar-refractivity contribution in [2.45, 2.75) is 6.54 Å². The molecule has 1 aliphatic heterocycles. The summed E-state index contributed by atoms with van der Waals surface area (Å²) in [5, 5.41) is 10.5. The van der Waals surface area contributed by atoms with Gasteiger partial charge < -0.3 is 4.90 Å². The van der Waals surface area contributed by atoms with E-state index in [9.17, 15) is 19.3 Å². The van der Waals surface area contributed by atoms with Crippen LogP contribution >= 0.6 is 0 Å². The smallest absolute Gasteiger partial charge is 0.272 e. The molecule has 1 aromatic rings. The zero-order valence-electron chi connectivity index (χ0n) is 10.5. The maximum atomic E-state index is 13.7. The molecule has 1 heterocycles. The van der Waals surface area contributed by atoms with Gasteiger partial charge in [0.1, 0.15) is 5.82 Å². The van der Waals surface area contributed by atoms with Gasteiger partial charge in [-0.1, -0.05) is 0 Å². The van der Waals surface area contributed by atoms with E-state index in [1.54, 1.807) is 4.90 Å². The van der Waals surface area contributed by atoms with Gasteiger partial charge in [0.25, 0.3) is 5.69 Å². The van der Waals surface area contributed by atoms with Crippen molar-refractivity contribution in [2.24, 2.45) is 0 Å². The van der Waals surface area contributed by atoms with E-state index in [4.69, 9.17) is 0 Å². The summed E-state index contributed by atoms with van der Waals surface area (Å²) >= 11 is 0. The molecule has 0 bridgehead atoms. The number of hydrogen-bond acceptors (Lipinski definition) is 4. The Morgan fingerprint density at radius 2 is 2.16 bits per heavy atom. The van der Waals surface area contributed by atoms with E-state index in [-0.39, 0.29) is 18.1 Å². The Morgan fingerprint density at radius 3 is 2.74 bits per heavy atom. The van der Waals surface area contributed by atoms with Crippen LogP contribution in [0.5, 0.6) is 0 Å². The number of halogens is 1. The van der Waals surface area contributed by atoms with E-state index in [2.05, 4.69) is 0 Å². The highest BCUT2D eigenvalue weighted by molar-refractivity contribution is 5.79. The molecule has 0 radical (unpaired) electrons. The molecular weight excluding hydrogens is 253 g/mol. The lowest BCUT2D eigenvalue weighted by Gasteiger charge is -2.32. The van der Waals surface area contributed by atoms with Gasteiger partial charge in [-0.15, -0.1) is 0 Å². The minimum absolute atomic E-state index is 0.0634. The number of nitro benzene ring substituents is 1. The van der Waals surface area contributed by atoms with Gasteiger partial charge in [0, 0.05) is 31.3 Å². The van der Waals surface area contributed by atoms with Crippen LogP contribution in [0.4, 0.5) is 10.1 Å². The fourth-order valence-corrected chi connectivity index (χ4v) is 1.98. The van der Waals surface area contributed by atoms with Crippen molar-refractivity contribution in [2.75, 3.05) is 26.7 Å². The summed E-state index contributed by atoms with van der Waals surface area (Å²) in [6.45, 7) is 1.73. The molecule has 7 heteroatoms. The Balaban J connectivity index is 2.11. The molecule has 0 aliphatic carbocycles. The molecule has 0 spiro atoms. The molecule has 19 heavy (non-hydrogen) atoms. The minimum Gasteiger partial charge on any atom is -0.336 e. The zero-order chi connectivity index (χ0) is 14.0. The highest BCUT2D eigenvalue weighted by Crippen LogP contribution is 2.18. The number of nitrogens with zero attached hydrogens (tertiary/aromatic N) is 3. The topological polar surface area (TPSA) is 66.7 Å².